The Morgan fingerprint density at radius 2 is 2.05 bits per heavy atom. The number of halogens is 4. The summed E-state index contributed by atoms with van der Waals surface area (Å²) < 4.78 is 41.4. The molecule has 0 radical (unpaired) electrons. The summed E-state index contributed by atoms with van der Waals surface area (Å²) in [6.07, 6.45) is -3.97. The molecular weight excluding hydrogens is 279 g/mol. The molecule has 0 saturated carbocycles. The van der Waals surface area contributed by atoms with Gasteiger partial charge in [-0.3, -0.25) is 0 Å². The smallest absolute Gasteiger partial charge is 0.392 e. The Morgan fingerprint density at radius 3 is 2.63 bits per heavy atom. The van der Waals surface area contributed by atoms with Gasteiger partial charge in [0.1, 0.15) is 5.75 Å². The summed E-state index contributed by atoms with van der Waals surface area (Å²) >= 11 is 6.04. The molecule has 1 atom stereocenters. The van der Waals surface area contributed by atoms with Crippen molar-refractivity contribution in [1.82, 2.24) is 0 Å². The number of hydrogen-bond acceptors (Lipinski definition) is 2. The first kappa shape index (κ1) is 16.1. The van der Waals surface area contributed by atoms with Gasteiger partial charge in [-0.25, -0.2) is 0 Å². The summed E-state index contributed by atoms with van der Waals surface area (Å²) in [5.41, 5.74) is 6.51. The monoisotopic (exact) mass is 295 g/mol. The Morgan fingerprint density at radius 1 is 1.37 bits per heavy atom. The van der Waals surface area contributed by atoms with Crippen molar-refractivity contribution in [2.75, 3.05) is 6.61 Å². The molecule has 0 aliphatic carbocycles. The first-order valence-corrected chi connectivity index (χ1v) is 6.43. The van der Waals surface area contributed by atoms with Crippen molar-refractivity contribution in [2.45, 2.75) is 38.4 Å². The van der Waals surface area contributed by atoms with Gasteiger partial charge in [0.2, 0.25) is 0 Å². The lowest BCUT2D eigenvalue weighted by molar-refractivity contribution is -0.139. The van der Waals surface area contributed by atoms with Gasteiger partial charge >= 0.3 is 6.18 Å². The first-order valence-electron chi connectivity index (χ1n) is 6.06. The van der Waals surface area contributed by atoms with Gasteiger partial charge in [-0.1, -0.05) is 24.6 Å². The molecule has 108 valence electrons. The van der Waals surface area contributed by atoms with Crippen LogP contribution in [-0.2, 0) is 6.42 Å². The average Bonchev–Trinajstić information content (AvgIpc) is 2.31. The quantitative estimate of drug-likeness (QED) is 0.862. The van der Waals surface area contributed by atoms with Gasteiger partial charge in [0.15, 0.2) is 0 Å². The van der Waals surface area contributed by atoms with Crippen LogP contribution >= 0.6 is 11.6 Å². The van der Waals surface area contributed by atoms with E-state index in [2.05, 4.69) is 0 Å². The summed E-state index contributed by atoms with van der Waals surface area (Å²) in [5.74, 6) is 0.376. The van der Waals surface area contributed by atoms with Crippen molar-refractivity contribution in [1.29, 1.82) is 0 Å². The highest BCUT2D eigenvalue weighted by Gasteiger charge is 2.27. The molecule has 1 rings (SSSR count). The second-order valence-corrected chi connectivity index (χ2v) is 4.71. The molecule has 1 unspecified atom stereocenters. The van der Waals surface area contributed by atoms with Crippen molar-refractivity contribution >= 4 is 11.6 Å². The molecule has 0 saturated heterocycles. The van der Waals surface area contributed by atoms with Crippen molar-refractivity contribution in [3.63, 3.8) is 0 Å². The molecule has 0 fully saturated rings. The van der Waals surface area contributed by atoms with E-state index in [1.165, 1.54) is 0 Å². The largest absolute Gasteiger partial charge is 0.493 e. The van der Waals surface area contributed by atoms with Crippen molar-refractivity contribution in [3.05, 3.63) is 28.8 Å². The summed E-state index contributed by atoms with van der Waals surface area (Å²) in [5, 5.41) is 0.466. The van der Waals surface area contributed by atoms with Crippen LogP contribution in [0.15, 0.2) is 18.2 Å². The van der Waals surface area contributed by atoms with Gasteiger partial charge in [-0.2, -0.15) is 13.2 Å². The summed E-state index contributed by atoms with van der Waals surface area (Å²) in [6.45, 7) is 1.52. The van der Waals surface area contributed by atoms with E-state index in [9.17, 15) is 13.2 Å². The minimum Gasteiger partial charge on any atom is -0.493 e. The minimum atomic E-state index is -4.22. The van der Waals surface area contributed by atoms with E-state index in [0.29, 0.717) is 22.8 Å². The van der Waals surface area contributed by atoms with Crippen LogP contribution in [0.25, 0.3) is 0 Å². The molecule has 1 aromatic carbocycles. The van der Waals surface area contributed by atoms with E-state index in [0.717, 1.165) is 6.42 Å². The normalized spacial score (nSPS) is 13.4. The van der Waals surface area contributed by atoms with Crippen LogP contribution in [0.1, 0.15) is 25.3 Å². The Hall–Kier alpha value is -0.940. The maximum Gasteiger partial charge on any atom is 0.392 e. The number of rotatable bonds is 6. The number of nitrogens with two attached hydrogens (primary N) is 1. The molecule has 2 N–H and O–H groups in total. The second kappa shape index (κ2) is 7.01. The zero-order valence-electron chi connectivity index (χ0n) is 10.6. The SMILES string of the molecule is CCC(N)Cc1c(Cl)cccc1OCCC(F)(F)F. The number of hydrogen-bond donors (Lipinski definition) is 1. The molecule has 0 aliphatic rings. The molecule has 0 aromatic heterocycles. The number of benzene rings is 1. The van der Waals surface area contributed by atoms with Gasteiger partial charge in [-0.15, -0.1) is 0 Å². The Kier molecular flexibility index (Phi) is 5.94. The highest BCUT2D eigenvalue weighted by molar-refractivity contribution is 6.31. The third-order valence-corrected chi connectivity index (χ3v) is 3.06. The van der Waals surface area contributed by atoms with Gasteiger partial charge in [0.25, 0.3) is 0 Å². The van der Waals surface area contributed by atoms with Crippen LogP contribution in [0.5, 0.6) is 5.75 Å². The molecule has 6 heteroatoms. The molecule has 0 amide bonds. The fourth-order valence-electron chi connectivity index (χ4n) is 1.56. The third-order valence-electron chi connectivity index (χ3n) is 2.71. The van der Waals surface area contributed by atoms with Crippen LogP contribution in [-0.4, -0.2) is 18.8 Å². The zero-order valence-corrected chi connectivity index (χ0v) is 11.4. The molecule has 1 aromatic rings. The second-order valence-electron chi connectivity index (χ2n) is 4.30. The maximum atomic E-state index is 12.1. The first-order chi connectivity index (χ1) is 8.83. The molecule has 0 heterocycles. The Bertz CT molecular complexity index is 409. The van der Waals surface area contributed by atoms with Crippen LogP contribution in [0.2, 0.25) is 5.02 Å². The van der Waals surface area contributed by atoms with E-state index in [4.69, 9.17) is 22.1 Å². The summed E-state index contributed by atoms with van der Waals surface area (Å²) in [4.78, 5) is 0. The molecule has 19 heavy (non-hydrogen) atoms. The molecule has 0 aliphatic heterocycles. The summed E-state index contributed by atoms with van der Waals surface area (Å²) in [7, 11) is 0. The van der Waals surface area contributed by atoms with E-state index < -0.39 is 19.2 Å². The van der Waals surface area contributed by atoms with Crippen LogP contribution < -0.4 is 10.5 Å². The Balaban J connectivity index is 2.74. The maximum absolute atomic E-state index is 12.1. The van der Waals surface area contributed by atoms with Crippen LogP contribution in [0, 0.1) is 0 Å². The van der Waals surface area contributed by atoms with Crippen LogP contribution in [0.3, 0.4) is 0 Å². The van der Waals surface area contributed by atoms with E-state index in [1.54, 1.807) is 18.2 Å². The van der Waals surface area contributed by atoms with E-state index in [-0.39, 0.29) is 6.04 Å². The van der Waals surface area contributed by atoms with Crippen molar-refractivity contribution in [3.8, 4) is 5.75 Å². The van der Waals surface area contributed by atoms with Crippen molar-refractivity contribution in [2.24, 2.45) is 5.73 Å². The lowest BCUT2D eigenvalue weighted by atomic mass is 10.0. The zero-order chi connectivity index (χ0) is 14.5. The number of alkyl halides is 3. The van der Waals surface area contributed by atoms with Gasteiger partial charge in [0, 0.05) is 16.6 Å². The van der Waals surface area contributed by atoms with Gasteiger partial charge < -0.3 is 10.5 Å². The lowest BCUT2D eigenvalue weighted by Gasteiger charge is -2.16. The predicted molar refractivity (Wildman–Crippen MR) is 69.6 cm³/mol. The van der Waals surface area contributed by atoms with Gasteiger partial charge in [-0.05, 0) is 25.0 Å². The minimum absolute atomic E-state index is 0.0927. The molecule has 2 nitrogen and oxygen atoms in total. The standard InChI is InChI=1S/C13H17ClF3NO/c1-2-9(18)8-10-11(14)4-3-5-12(10)19-7-6-13(15,16)17/h3-5,9H,2,6-8,18H2,1H3. The summed E-state index contributed by atoms with van der Waals surface area (Å²) in [6, 6.07) is 4.84. The van der Waals surface area contributed by atoms with E-state index in [1.807, 2.05) is 6.92 Å². The topological polar surface area (TPSA) is 35.2 Å². The Labute approximate surface area is 115 Å². The fraction of sp³-hybridized carbons (Fsp3) is 0.538. The molecule has 0 bridgehead atoms. The fourth-order valence-corrected chi connectivity index (χ4v) is 1.80. The van der Waals surface area contributed by atoms with Gasteiger partial charge in [0.05, 0.1) is 13.0 Å². The van der Waals surface area contributed by atoms with E-state index >= 15 is 0 Å². The lowest BCUT2D eigenvalue weighted by Crippen LogP contribution is -2.22. The van der Waals surface area contributed by atoms with Crippen molar-refractivity contribution < 1.29 is 17.9 Å². The predicted octanol–water partition coefficient (Wildman–Crippen LogP) is 3.95. The average molecular weight is 296 g/mol. The third kappa shape index (κ3) is 5.70. The highest BCUT2D eigenvalue weighted by Crippen LogP contribution is 2.29. The number of ether oxygens (including phenoxy) is 1. The highest BCUT2D eigenvalue weighted by atomic mass is 35.5. The molecular formula is C13H17ClF3NO. The van der Waals surface area contributed by atoms with Crippen LogP contribution in [0.4, 0.5) is 13.2 Å². The molecule has 0 spiro atoms.